The van der Waals surface area contributed by atoms with Crippen molar-refractivity contribution < 1.29 is 38.4 Å². The van der Waals surface area contributed by atoms with Gasteiger partial charge in [0.05, 0.1) is 45.2 Å². The number of aliphatic hydroxyl groups excluding tert-OH is 1. The lowest BCUT2D eigenvalue weighted by Gasteiger charge is -2.24. The number of amides is 1. The summed E-state index contributed by atoms with van der Waals surface area (Å²) in [5.74, 6) is -1.32. The number of nitrogens with zero attached hydrogens (tertiary/aromatic N) is 2. The Morgan fingerprint density at radius 3 is 2.28 bits per heavy atom. The number of thiazole rings is 1. The van der Waals surface area contributed by atoms with Crippen LogP contribution in [0.4, 0.5) is 5.13 Å². The number of ketones is 1. The zero-order chi connectivity index (χ0) is 28.4. The predicted octanol–water partition coefficient (Wildman–Crippen LogP) is 4.59. The number of methoxy groups -OCH3 is 3. The van der Waals surface area contributed by atoms with E-state index >= 15 is 0 Å². The maximum atomic E-state index is 13.5. The molecule has 1 aromatic heterocycles. The van der Waals surface area contributed by atoms with E-state index in [1.54, 1.807) is 57.2 Å². The number of rotatable bonds is 8. The van der Waals surface area contributed by atoms with Gasteiger partial charge in [-0.3, -0.25) is 14.5 Å². The zero-order valence-corrected chi connectivity index (χ0v) is 23.2. The number of hydrogen-bond acceptors (Lipinski definition) is 10. The Kier molecular flexibility index (Phi) is 7.91. The average Bonchev–Trinajstić information content (AvgIpc) is 3.44. The Morgan fingerprint density at radius 1 is 1.00 bits per heavy atom. The van der Waals surface area contributed by atoms with Crippen LogP contribution in [0, 0.1) is 13.8 Å². The van der Waals surface area contributed by atoms with Crippen molar-refractivity contribution in [1.82, 2.24) is 4.98 Å². The summed E-state index contributed by atoms with van der Waals surface area (Å²) in [7, 11) is 4.49. The van der Waals surface area contributed by atoms with Crippen LogP contribution in [0.2, 0.25) is 0 Å². The molecule has 2 aromatic carbocycles. The third-order valence-corrected chi connectivity index (χ3v) is 7.43. The number of benzene rings is 2. The first kappa shape index (κ1) is 27.6. The van der Waals surface area contributed by atoms with Gasteiger partial charge in [0.15, 0.2) is 16.6 Å². The van der Waals surface area contributed by atoms with Crippen molar-refractivity contribution in [3.63, 3.8) is 0 Å². The van der Waals surface area contributed by atoms with Gasteiger partial charge in [0, 0.05) is 5.56 Å². The molecule has 1 aliphatic rings. The van der Waals surface area contributed by atoms with Crippen LogP contribution in [0.15, 0.2) is 42.0 Å². The molecule has 1 amide bonds. The van der Waals surface area contributed by atoms with Gasteiger partial charge in [-0.05, 0) is 62.2 Å². The van der Waals surface area contributed by atoms with Crippen molar-refractivity contribution in [1.29, 1.82) is 0 Å². The highest BCUT2D eigenvalue weighted by atomic mass is 32.1. The fourth-order valence-corrected chi connectivity index (χ4v) is 5.41. The molecule has 0 aliphatic carbocycles. The van der Waals surface area contributed by atoms with E-state index in [1.165, 1.54) is 26.2 Å². The number of aliphatic hydroxyl groups is 1. The molecule has 0 saturated carbocycles. The molecule has 1 unspecified atom stereocenters. The van der Waals surface area contributed by atoms with Crippen LogP contribution in [-0.2, 0) is 14.3 Å². The monoisotopic (exact) mass is 552 g/mol. The normalized spacial score (nSPS) is 16.4. The van der Waals surface area contributed by atoms with Crippen molar-refractivity contribution in [2.75, 3.05) is 32.8 Å². The van der Waals surface area contributed by atoms with E-state index in [1.807, 2.05) is 0 Å². The lowest BCUT2D eigenvalue weighted by molar-refractivity contribution is -0.132. The van der Waals surface area contributed by atoms with Crippen LogP contribution in [0.25, 0.3) is 5.76 Å². The van der Waals surface area contributed by atoms with Crippen molar-refractivity contribution >= 4 is 39.9 Å². The highest BCUT2D eigenvalue weighted by molar-refractivity contribution is 7.17. The van der Waals surface area contributed by atoms with Crippen LogP contribution < -0.4 is 19.1 Å². The highest BCUT2D eigenvalue weighted by Gasteiger charge is 2.48. The highest BCUT2D eigenvalue weighted by Crippen LogP contribution is 2.45. The molecule has 1 saturated heterocycles. The first-order valence-corrected chi connectivity index (χ1v) is 12.8. The van der Waals surface area contributed by atoms with Crippen molar-refractivity contribution in [3.8, 4) is 17.2 Å². The number of carbonyl (C=O) groups excluding carboxylic acids is 3. The molecule has 1 N–H and O–H groups in total. The second kappa shape index (κ2) is 11.2. The van der Waals surface area contributed by atoms with Gasteiger partial charge in [0.25, 0.3) is 5.78 Å². The second-order valence-corrected chi connectivity index (χ2v) is 9.58. The van der Waals surface area contributed by atoms with Crippen LogP contribution in [0.5, 0.6) is 17.2 Å². The molecule has 1 atom stereocenters. The fourth-order valence-electron chi connectivity index (χ4n) is 4.42. The number of anilines is 1. The Balaban J connectivity index is 1.95. The summed E-state index contributed by atoms with van der Waals surface area (Å²) in [6.45, 7) is 5.28. The van der Waals surface area contributed by atoms with E-state index in [4.69, 9.17) is 18.9 Å². The fraction of sp³-hybridized carbons (Fsp3) is 0.286. The Morgan fingerprint density at radius 2 is 1.67 bits per heavy atom. The maximum Gasteiger partial charge on any atom is 0.350 e. The minimum Gasteiger partial charge on any atom is -0.507 e. The molecule has 0 bridgehead atoms. The molecule has 204 valence electrons. The van der Waals surface area contributed by atoms with Gasteiger partial charge in [-0.15, -0.1) is 0 Å². The number of carbonyl (C=O) groups is 3. The van der Waals surface area contributed by atoms with E-state index in [0.29, 0.717) is 34.1 Å². The van der Waals surface area contributed by atoms with Crippen LogP contribution >= 0.6 is 11.3 Å². The lowest BCUT2D eigenvalue weighted by Crippen LogP contribution is -2.29. The summed E-state index contributed by atoms with van der Waals surface area (Å²) in [4.78, 5) is 45.3. The van der Waals surface area contributed by atoms with E-state index < -0.39 is 23.7 Å². The topological polar surface area (TPSA) is 124 Å². The van der Waals surface area contributed by atoms with E-state index in [9.17, 15) is 19.5 Å². The minimum absolute atomic E-state index is 0.113. The second-order valence-electron chi connectivity index (χ2n) is 8.60. The Labute approximate surface area is 229 Å². The first-order chi connectivity index (χ1) is 18.7. The SMILES string of the molecule is CCOC(=O)c1sc(N2C(=O)C(=O)C(=C(O)c3ccc(OC)c(C)c3)C2c2ccc(OC)c(OC)c2)nc1C. The van der Waals surface area contributed by atoms with Crippen LogP contribution in [0.1, 0.15) is 45.0 Å². The third-order valence-electron chi connectivity index (χ3n) is 6.29. The van der Waals surface area contributed by atoms with Crippen LogP contribution in [0.3, 0.4) is 0 Å². The largest absolute Gasteiger partial charge is 0.507 e. The standard InChI is InChI=1S/C28H28N2O8S/c1-7-38-27(34)25-15(3)29-28(39-25)30-22(16-8-11-19(36-5)20(13-16)37-6)21(24(32)26(30)33)23(31)17-9-10-18(35-4)14(2)12-17/h8-13,22,31H,7H2,1-6H3. The molecule has 0 radical (unpaired) electrons. The molecular formula is C28H28N2O8S. The lowest BCUT2D eigenvalue weighted by atomic mass is 9.94. The number of hydrogen-bond donors (Lipinski definition) is 1. The van der Waals surface area contributed by atoms with Crippen LogP contribution in [-0.4, -0.2) is 55.7 Å². The first-order valence-electron chi connectivity index (χ1n) is 12.0. The summed E-state index contributed by atoms with van der Waals surface area (Å²) in [5.41, 5.74) is 1.74. The van der Waals surface area contributed by atoms with Gasteiger partial charge in [-0.1, -0.05) is 17.4 Å². The maximum absolute atomic E-state index is 13.5. The Bertz CT molecular complexity index is 1490. The van der Waals surface area contributed by atoms with Crippen molar-refractivity contribution in [2.45, 2.75) is 26.8 Å². The summed E-state index contributed by atoms with van der Waals surface area (Å²) in [6, 6.07) is 8.80. The minimum atomic E-state index is -1.08. The molecule has 10 nitrogen and oxygen atoms in total. The van der Waals surface area contributed by atoms with Crippen molar-refractivity contribution in [3.05, 3.63) is 69.2 Å². The zero-order valence-electron chi connectivity index (χ0n) is 22.4. The van der Waals surface area contributed by atoms with Gasteiger partial charge in [-0.25, -0.2) is 9.78 Å². The van der Waals surface area contributed by atoms with Gasteiger partial charge >= 0.3 is 11.9 Å². The van der Waals surface area contributed by atoms with Gasteiger partial charge < -0.3 is 24.1 Å². The van der Waals surface area contributed by atoms with Crippen molar-refractivity contribution in [2.24, 2.45) is 0 Å². The summed E-state index contributed by atoms with van der Waals surface area (Å²) >= 11 is 0.934. The molecule has 39 heavy (non-hydrogen) atoms. The van der Waals surface area contributed by atoms with E-state index in [0.717, 1.165) is 16.9 Å². The van der Waals surface area contributed by atoms with Gasteiger partial charge in [0.1, 0.15) is 16.4 Å². The molecule has 3 aromatic rings. The molecule has 4 rings (SSSR count). The molecule has 11 heteroatoms. The number of aryl methyl sites for hydroxylation is 2. The summed E-state index contributed by atoms with van der Waals surface area (Å²) in [6.07, 6.45) is 0. The third kappa shape index (κ3) is 4.92. The number of aromatic nitrogens is 1. The number of Topliss-reactive ketones (excluding diaryl/α,β-unsaturated/α-hetero) is 1. The Hall–Kier alpha value is -4.38. The molecule has 0 spiro atoms. The molecule has 1 aliphatic heterocycles. The van der Waals surface area contributed by atoms with E-state index in [2.05, 4.69) is 4.98 Å². The predicted molar refractivity (Wildman–Crippen MR) is 145 cm³/mol. The molecular weight excluding hydrogens is 524 g/mol. The van der Waals surface area contributed by atoms with Gasteiger partial charge in [0.2, 0.25) is 0 Å². The summed E-state index contributed by atoms with van der Waals surface area (Å²) < 4.78 is 21.2. The summed E-state index contributed by atoms with van der Waals surface area (Å²) in [5, 5.41) is 11.5. The van der Waals surface area contributed by atoms with Gasteiger partial charge in [-0.2, -0.15) is 0 Å². The van der Waals surface area contributed by atoms with E-state index in [-0.39, 0.29) is 27.9 Å². The molecule has 2 heterocycles. The molecule has 1 fully saturated rings. The smallest absolute Gasteiger partial charge is 0.350 e. The number of esters is 1. The number of ether oxygens (including phenoxy) is 4. The average molecular weight is 553 g/mol. The quantitative estimate of drug-likeness (QED) is 0.185.